The molecule has 0 atom stereocenters. The molecule has 0 saturated carbocycles. The third-order valence-electron chi connectivity index (χ3n) is 6.96. The second-order valence-corrected chi connectivity index (χ2v) is 14.2. The minimum absolute atomic E-state index is 0.00531. The molecule has 1 N–H and O–H groups in total. The van der Waals surface area contributed by atoms with Gasteiger partial charge in [-0.3, -0.25) is 4.79 Å². The molecule has 0 bridgehead atoms. The first kappa shape index (κ1) is 33.0. The molecule has 0 saturated heterocycles. The molecule has 1 aromatic heterocycles. The van der Waals surface area contributed by atoms with E-state index in [-0.39, 0.29) is 23.1 Å². The predicted octanol–water partition coefficient (Wildman–Crippen LogP) is 7.60. The molecule has 4 aromatic rings. The quantitative estimate of drug-likeness (QED) is 0.145. The van der Waals surface area contributed by atoms with E-state index in [1.54, 1.807) is 0 Å². The van der Waals surface area contributed by atoms with Gasteiger partial charge < -0.3 is 9.64 Å². The number of thiophene rings is 1. The van der Waals surface area contributed by atoms with Crippen LogP contribution in [0, 0.1) is 5.92 Å². The van der Waals surface area contributed by atoms with Crippen molar-refractivity contribution in [3.05, 3.63) is 113 Å². The van der Waals surface area contributed by atoms with Crippen molar-refractivity contribution in [3.8, 4) is 11.1 Å². The second kappa shape index (κ2) is 15.7. The zero-order valence-corrected chi connectivity index (χ0v) is 27.1. The smallest absolute Gasteiger partial charge is 0.421 e. The Kier molecular flexibility index (Phi) is 11.7. The average Bonchev–Trinajstić information content (AvgIpc) is 3.42. The molecule has 0 fully saturated rings. The van der Waals surface area contributed by atoms with E-state index in [2.05, 4.69) is 18.6 Å². The first-order valence-electron chi connectivity index (χ1n) is 14.9. The van der Waals surface area contributed by atoms with Crippen LogP contribution in [-0.2, 0) is 45.5 Å². The average molecular weight is 633 g/mol. The Morgan fingerprint density at radius 3 is 2.00 bits per heavy atom. The summed E-state index contributed by atoms with van der Waals surface area (Å²) in [5.41, 5.74) is 4.14. The Balaban J connectivity index is 1.55. The van der Waals surface area contributed by atoms with E-state index in [1.807, 2.05) is 103 Å². The van der Waals surface area contributed by atoms with Crippen LogP contribution >= 0.6 is 11.3 Å². The molecular weight excluding hydrogens is 593 g/mol. The van der Waals surface area contributed by atoms with Gasteiger partial charge in [-0.2, -0.15) is 0 Å². The molecule has 0 aliphatic rings. The molecule has 0 aliphatic carbocycles. The van der Waals surface area contributed by atoms with Crippen LogP contribution in [0.5, 0.6) is 0 Å². The van der Waals surface area contributed by atoms with E-state index >= 15 is 0 Å². The fourth-order valence-electron chi connectivity index (χ4n) is 4.75. The topological polar surface area (TPSA) is 92.8 Å². The SMILES string of the molecule is CCCCOC(=O)NS(=O)(=O)c1sc(CC(C)C)cc1-c1ccc(CC(=O)N(Cc2ccccc2)Cc2ccccc2)cc1. The van der Waals surface area contributed by atoms with Gasteiger partial charge in [0.25, 0.3) is 10.0 Å². The number of unbranched alkanes of at least 4 members (excludes halogenated alkanes) is 1. The number of rotatable bonds is 14. The van der Waals surface area contributed by atoms with Crippen LogP contribution in [0.25, 0.3) is 11.1 Å². The van der Waals surface area contributed by atoms with Crippen molar-refractivity contribution in [1.29, 1.82) is 0 Å². The summed E-state index contributed by atoms with van der Waals surface area (Å²) in [6.45, 7) is 7.24. The Morgan fingerprint density at radius 2 is 1.45 bits per heavy atom. The van der Waals surface area contributed by atoms with Crippen LogP contribution in [0.4, 0.5) is 4.79 Å². The van der Waals surface area contributed by atoms with Crippen LogP contribution in [0.15, 0.2) is 95.2 Å². The Bertz CT molecular complexity index is 1580. The summed E-state index contributed by atoms with van der Waals surface area (Å²) in [5, 5.41) is 0. The molecule has 3 aromatic carbocycles. The molecule has 7 nitrogen and oxygen atoms in total. The van der Waals surface area contributed by atoms with Crippen molar-refractivity contribution in [2.75, 3.05) is 6.61 Å². The number of carbonyl (C=O) groups is 2. The molecule has 2 amide bonds. The maximum absolute atomic E-state index is 13.6. The number of hydrogen-bond donors (Lipinski definition) is 1. The lowest BCUT2D eigenvalue weighted by Gasteiger charge is -2.23. The largest absolute Gasteiger partial charge is 0.449 e. The standard InChI is InChI=1S/C35H40N2O5S2/c1-4-5-20-42-35(39)36-44(40,41)34-32(23-31(43-34)21-26(2)3)30-18-16-27(17-19-30)22-33(38)37(24-28-12-8-6-9-13-28)25-29-14-10-7-11-15-29/h6-19,23,26H,4-5,20-22,24-25H2,1-3H3,(H,36,39). The molecule has 0 aliphatic heterocycles. The van der Waals surface area contributed by atoms with Crippen LogP contribution in [0.2, 0.25) is 0 Å². The van der Waals surface area contributed by atoms with Crippen molar-refractivity contribution in [2.45, 2.75) is 63.8 Å². The van der Waals surface area contributed by atoms with Crippen LogP contribution in [0.3, 0.4) is 0 Å². The molecule has 9 heteroatoms. The summed E-state index contributed by atoms with van der Waals surface area (Å²) < 4.78 is 33.8. The van der Waals surface area contributed by atoms with Gasteiger partial charge in [-0.15, -0.1) is 11.3 Å². The van der Waals surface area contributed by atoms with Crippen molar-refractivity contribution in [2.24, 2.45) is 5.92 Å². The number of nitrogens with one attached hydrogen (secondary N) is 1. The number of ether oxygens (including phenoxy) is 1. The predicted molar refractivity (Wildman–Crippen MR) is 176 cm³/mol. The van der Waals surface area contributed by atoms with E-state index in [9.17, 15) is 18.0 Å². The van der Waals surface area contributed by atoms with E-state index in [0.29, 0.717) is 43.0 Å². The third-order valence-corrected chi connectivity index (χ3v) is 9.96. The minimum Gasteiger partial charge on any atom is -0.449 e. The van der Waals surface area contributed by atoms with Gasteiger partial charge in [0.15, 0.2) is 0 Å². The fraction of sp³-hybridized carbons (Fsp3) is 0.314. The monoisotopic (exact) mass is 632 g/mol. The third kappa shape index (κ3) is 9.53. The lowest BCUT2D eigenvalue weighted by atomic mass is 10.0. The van der Waals surface area contributed by atoms with E-state index < -0.39 is 16.1 Å². The molecule has 1 heterocycles. The summed E-state index contributed by atoms with van der Waals surface area (Å²) in [6.07, 6.45) is 1.42. The first-order chi connectivity index (χ1) is 21.1. The van der Waals surface area contributed by atoms with Gasteiger partial charge in [0.05, 0.1) is 13.0 Å². The summed E-state index contributed by atoms with van der Waals surface area (Å²) in [5.74, 6) is 0.321. The lowest BCUT2D eigenvalue weighted by Crippen LogP contribution is -2.31. The van der Waals surface area contributed by atoms with Gasteiger partial charge in [0.2, 0.25) is 5.91 Å². The highest BCUT2D eigenvalue weighted by Gasteiger charge is 2.26. The van der Waals surface area contributed by atoms with Gasteiger partial charge in [-0.05, 0) is 47.1 Å². The van der Waals surface area contributed by atoms with Gasteiger partial charge in [0.1, 0.15) is 4.21 Å². The number of nitrogens with zero attached hydrogens (tertiary/aromatic N) is 1. The number of sulfonamides is 1. The number of hydrogen-bond acceptors (Lipinski definition) is 6. The second-order valence-electron chi connectivity index (χ2n) is 11.2. The summed E-state index contributed by atoms with van der Waals surface area (Å²) >= 11 is 1.16. The van der Waals surface area contributed by atoms with E-state index in [1.165, 1.54) is 0 Å². The minimum atomic E-state index is -4.16. The number of benzene rings is 3. The van der Waals surface area contributed by atoms with Crippen molar-refractivity contribution >= 4 is 33.4 Å². The lowest BCUT2D eigenvalue weighted by molar-refractivity contribution is -0.131. The molecule has 0 unspecified atom stereocenters. The van der Waals surface area contributed by atoms with Gasteiger partial charge in [-0.25, -0.2) is 17.9 Å². The van der Waals surface area contributed by atoms with E-state index in [4.69, 9.17) is 4.74 Å². The highest BCUT2D eigenvalue weighted by Crippen LogP contribution is 2.36. The van der Waals surface area contributed by atoms with E-state index in [0.717, 1.165) is 39.3 Å². The maximum atomic E-state index is 13.6. The Hall–Kier alpha value is -3.95. The van der Waals surface area contributed by atoms with Crippen molar-refractivity contribution in [1.82, 2.24) is 9.62 Å². The number of amides is 2. The Labute approximate surface area is 264 Å². The first-order valence-corrected chi connectivity index (χ1v) is 17.2. The molecule has 44 heavy (non-hydrogen) atoms. The van der Waals surface area contributed by atoms with Crippen LogP contribution in [0.1, 0.15) is 55.2 Å². The fourth-order valence-corrected chi connectivity index (χ4v) is 7.59. The van der Waals surface area contributed by atoms with Gasteiger partial charge in [0, 0.05) is 23.5 Å². The normalized spacial score (nSPS) is 11.4. The molecule has 0 spiro atoms. The molecule has 232 valence electrons. The summed E-state index contributed by atoms with van der Waals surface area (Å²) in [4.78, 5) is 28.6. The molecular formula is C35H40N2O5S2. The highest BCUT2D eigenvalue weighted by molar-refractivity contribution is 7.92. The number of carbonyl (C=O) groups excluding carboxylic acids is 2. The molecule has 4 rings (SSSR count). The van der Waals surface area contributed by atoms with Crippen LogP contribution < -0.4 is 4.72 Å². The summed E-state index contributed by atoms with van der Waals surface area (Å²) in [6, 6.07) is 29.1. The summed E-state index contributed by atoms with van der Waals surface area (Å²) in [7, 11) is -4.16. The zero-order chi connectivity index (χ0) is 31.5. The maximum Gasteiger partial charge on any atom is 0.421 e. The van der Waals surface area contributed by atoms with Gasteiger partial charge in [-0.1, -0.05) is 112 Å². The molecule has 0 radical (unpaired) electrons. The zero-order valence-electron chi connectivity index (χ0n) is 25.5. The van der Waals surface area contributed by atoms with Crippen molar-refractivity contribution in [3.63, 3.8) is 0 Å². The Morgan fingerprint density at radius 1 is 0.864 bits per heavy atom. The van der Waals surface area contributed by atoms with Crippen molar-refractivity contribution < 1.29 is 22.7 Å². The highest BCUT2D eigenvalue weighted by atomic mass is 32.2. The van der Waals surface area contributed by atoms with Crippen LogP contribution in [-0.4, -0.2) is 31.9 Å². The van der Waals surface area contributed by atoms with Gasteiger partial charge >= 0.3 is 6.09 Å².